The van der Waals surface area contributed by atoms with E-state index in [9.17, 15) is 14.4 Å². The van der Waals surface area contributed by atoms with Crippen LogP contribution in [-0.4, -0.2) is 81.8 Å². The first-order valence-corrected chi connectivity index (χ1v) is 11.4. The van der Waals surface area contributed by atoms with E-state index in [2.05, 4.69) is 15.1 Å². The van der Waals surface area contributed by atoms with E-state index in [0.29, 0.717) is 37.3 Å². The molecule has 8 nitrogen and oxygen atoms in total. The lowest BCUT2D eigenvalue weighted by Gasteiger charge is -2.36. The number of imide groups is 1. The fourth-order valence-electron chi connectivity index (χ4n) is 3.99. The van der Waals surface area contributed by atoms with Crippen molar-refractivity contribution < 1.29 is 14.4 Å². The van der Waals surface area contributed by atoms with E-state index >= 15 is 0 Å². The summed E-state index contributed by atoms with van der Waals surface area (Å²) < 4.78 is 0. The molecule has 0 atom stereocenters. The molecule has 1 fully saturated rings. The van der Waals surface area contributed by atoms with Crippen LogP contribution in [0.25, 0.3) is 0 Å². The third kappa shape index (κ3) is 4.51. The highest BCUT2D eigenvalue weighted by Crippen LogP contribution is 2.23. The average Bonchev–Trinajstić information content (AvgIpc) is 3.10. The molecule has 0 N–H and O–H groups in total. The van der Waals surface area contributed by atoms with Gasteiger partial charge in [-0.3, -0.25) is 19.3 Å². The number of hydrogen-bond donors (Lipinski definition) is 0. The number of thioether (sulfide) groups is 1. The molecule has 3 aliphatic rings. The second-order valence-corrected chi connectivity index (χ2v) is 8.64. The first kappa shape index (κ1) is 23.0. The first-order chi connectivity index (χ1) is 15.6. The molecule has 3 aliphatic heterocycles. The number of rotatable bonds is 3. The Labute approximate surface area is 201 Å². The number of benzene rings is 2. The highest BCUT2D eigenvalue weighted by molar-refractivity contribution is 8.14. The zero-order valence-corrected chi connectivity index (χ0v) is 19.3. The summed E-state index contributed by atoms with van der Waals surface area (Å²) >= 11 is 1.65. The Bertz CT molecular complexity index is 1110. The highest BCUT2D eigenvalue weighted by Gasteiger charge is 2.37. The van der Waals surface area contributed by atoms with Gasteiger partial charge in [-0.1, -0.05) is 54.2 Å². The van der Waals surface area contributed by atoms with Crippen LogP contribution in [0.15, 0.2) is 64.8 Å². The lowest BCUT2D eigenvalue weighted by atomic mass is 10.1. The summed E-state index contributed by atoms with van der Waals surface area (Å²) in [5, 5.41) is 9.65. The van der Waals surface area contributed by atoms with Gasteiger partial charge >= 0.3 is 0 Å². The molecule has 170 valence electrons. The Balaban J connectivity index is 0.00000259. The monoisotopic (exact) mass is 483 g/mol. The van der Waals surface area contributed by atoms with E-state index in [1.165, 1.54) is 0 Å². The van der Waals surface area contributed by atoms with Crippen LogP contribution < -0.4 is 0 Å². The molecule has 0 aromatic heterocycles. The zero-order valence-electron chi connectivity index (χ0n) is 17.7. The number of halogens is 1. The SMILES string of the molecule is Cl.O=C(CN1C(=O)c2ccccc2C1=O)N1CCN(C2=NN=C(c3ccccc3)CS2)CC1. The molecule has 0 bridgehead atoms. The Hall–Kier alpha value is -3.17. The third-order valence-corrected chi connectivity index (χ3v) is 6.79. The fraction of sp³-hybridized carbons (Fsp3) is 0.261. The van der Waals surface area contributed by atoms with Crippen LogP contribution in [0.3, 0.4) is 0 Å². The summed E-state index contributed by atoms with van der Waals surface area (Å²) in [6, 6.07) is 16.7. The van der Waals surface area contributed by atoms with Gasteiger partial charge in [-0.25, -0.2) is 0 Å². The number of hydrogen-bond acceptors (Lipinski definition) is 7. The summed E-state index contributed by atoms with van der Waals surface area (Å²) in [7, 11) is 0. The van der Waals surface area contributed by atoms with Gasteiger partial charge in [0.25, 0.3) is 11.8 Å². The van der Waals surface area contributed by atoms with Gasteiger partial charge in [0.2, 0.25) is 5.91 Å². The zero-order chi connectivity index (χ0) is 22.1. The van der Waals surface area contributed by atoms with Crippen molar-refractivity contribution in [3.8, 4) is 0 Å². The largest absolute Gasteiger partial charge is 0.346 e. The Morgan fingerprint density at radius 2 is 1.45 bits per heavy atom. The molecule has 3 heterocycles. The number of nitrogens with zero attached hydrogens (tertiary/aromatic N) is 5. The molecule has 1 saturated heterocycles. The third-order valence-electron chi connectivity index (χ3n) is 5.78. The maximum atomic E-state index is 12.8. The van der Waals surface area contributed by atoms with Crippen LogP contribution in [0.4, 0.5) is 0 Å². The predicted molar refractivity (Wildman–Crippen MR) is 130 cm³/mol. The maximum absolute atomic E-state index is 12.8. The molecule has 2 aromatic carbocycles. The molecule has 2 aromatic rings. The van der Waals surface area contributed by atoms with E-state index in [4.69, 9.17) is 0 Å². The minimum Gasteiger partial charge on any atom is -0.346 e. The van der Waals surface area contributed by atoms with E-state index in [-0.39, 0.29) is 24.9 Å². The number of carbonyl (C=O) groups excluding carboxylic acids is 3. The number of amidine groups is 1. The molecule has 5 rings (SSSR count). The molecular formula is C23H22ClN5O3S. The van der Waals surface area contributed by atoms with E-state index in [0.717, 1.165) is 27.1 Å². The molecule has 10 heteroatoms. The van der Waals surface area contributed by atoms with Crippen molar-refractivity contribution in [3.63, 3.8) is 0 Å². The molecule has 0 saturated carbocycles. The summed E-state index contributed by atoms with van der Waals surface area (Å²) in [6.07, 6.45) is 0. The van der Waals surface area contributed by atoms with Crippen LogP contribution in [-0.2, 0) is 4.79 Å². The second kappa shape index (κ2) is 9.76. The second-order valence-electron chi connectivity index (χ2n) is 7.69. The van der Waals surface area contributed by atoms with Crippen molar-refractivity contribution in [3.05, 3.63) is 71.3 Å². The summed E-state index contributed by atoms with van der Waals surface area (Å²) in [4.78, 5) is 42.7. The van der Waals surface area contributed by atoms with E-state index in [1.54, 1.807) is 40.9 Å². The highest BCUT2D eigenvalue weighted by atomic mass is 35.5. The van der Waals surface area contributed by atoms with Gasteiger partial charge in [0.15, 0.2) is 5.17 Å². The number of piperazine rings is 1. The first-order valence-electron chi connectivity index (χ1n) is 10.4. The predicted octanol–water partition coefficient (Wildman–Crippen LogP) is 2.36. The van der Waals surface area contributed by atoms with Crippen molar-refractivity contribution in [1.82, 2.24) is 14.7 Å². The molecule has 0 radical (unpaired) electrons. The summed E-state index contributed by atoms with van der Waals surface area (Å²) in [5.41, 5.74) is 2.75. The smallest absolute Gasteiger partial charge is 0.262 e. The molecular weight excluding hydrogens is 462 g/mol. The van der Waals surface area contributed by atoms with E-state index in [1.807, 2.05) is 30.3 Å². The van der Waals surface area contributed by atoms with Crippen molar-refractivity contribution in [1.29, 1.82) is 0 Å². The van der Waals surface area contributed by atoms with Gasteiger partial charge in [0.05, 0.1) is 16.8 Å². The standard InChI is InChI=1S/C23H21N5O3S.ClH/c29-20(14-28-21(30)17-8-4-5-9-18(17)22(28)31)26-10-12-27(13-11-26)23-25-24-19(15-32-23)16-6-2-1-3-7-16;/h1-9H,10-15H2;1H. The summed E-state index contributed by atoms with van der Waals surface area (Å²) in [6.45, 7) is 2.06. The molecule has 0 spiro atoms. The Morgan fingerprint density at radius 1 is 0.848 bits per heavy atom. The minimum atomic E-state index is -0.405. The lowest BCUT2D eigenvalue weighted by molar-refractivity contribution is -0.132. The van der Waals surface area contributed by atoms with Crippen LogP contribution >= 0.6 is 24.2 Å². The average molecular weight is 484 g/mol. The van der Waals surface area contributed by atoms with Gasteiger partial charge in [0, 0.05) is 31.9 Å². The molecule has 0 aliphatic carbocycles. The van der Waals surface area contributed by atoms with Crippen molar-refractivity contribution in [2.75, 3.05) is 38.5 Å². The Kier molecular flexibility index (Phi) is 6.80. The van der Waals surface area contributed by atoms with Crippen LogP contribution in [0.1, 0.15) is 26.3 Å². The quantitative estimate of drug-likeness (QED) is 0.625. The van der Waals surface area contributed by atoms with Crippen LogP contribution in [0.2, 0.25) is 0 Å². The van der Waals surface area contributed by atoms with Gasteiger partial charge in [0.1, 0.15) is 6.54 Å². The molecule has 33 heavy (non-hydrogen) atoms. The lowest BCUT2D eigenvalue weighted by Crippen LogP contribution is -2.52. The number of amides is 3. The van der Waals surface area contributed by atoms with Gasteiger partial charge in [-0.05, 0) is 17.7 Å². The minimum absolute atomic E-state index is 0. The topological polar surface area (TPSA) is 85.7 Å². The fourth-order valence-corrected chi connectivity index (χ4v) is 4.94. The Morgan fingerprint density at radius 3 is 2.03 bits per heavy atom. The van der Waals surface area contributed by atoms with Crippen LogP contribution in [0, 0.1) is 0 Å². The van der Waals surface area contributed by atoms with Gasteiger partial charge in [-0.15, -0.1) is 17.5 Å². The number of fused-ring (bicyclic) bond motifs is 1. The van der Waals surface area contributed by atoms with Crippen LogP contribution in [0.5, 0.6) is 0 Å². The van der Waals surface area contributed by atoms with Crippen molar-refractivity contribution in [2.45, 2.75) is 0 Å². The molecule has 0 unspecified atom stereocenters. The van der Waals surface area contributed by atoms with E-state index < -0.39 is 11.8 Å². The van der Waals surface area contributed by atoms with Gasteiger partial charge in [-0.2, -0.15) is 5.10 Å². The van der Waals surface area contributed by atoms with Crippen molar-refractivity contribution >= 4 is 52.8 Å². The van der Waals surface area contributed by atoms with Gasteiger partial charge < -0.3 is 9.80 Å². The number of carbonyl (C=O) groups is 3. The normalized spacial score (nSPS) is 17.9. The summed E-state index contributed by atoms with van der Waals surface area (Å²) in [5.74, 6) is -0.279. The molecule has 3 amide bonds. The van der Waals surface area contributed by atoms with Crippen molar-refractivity contribution in [2.24, 2.45) is 10.2 Å². The maximum Gasteiger partial charge on any atom is 0.262 e.